The Bertz CT molecular complexity index is 758. The summed E-state index contributed by atoms with van der Waals surface area (Å²) < 4.78 is 5.39. The standard InChI is InChI=1S/C19H21ClN2O3S/c20-14-6-7-16(22-8-10-25-11-9-22)15(13-14)21-19(24)5-1-3-17(23)18-4-2-12-26-18/h2,4,6-7,12-13H,1,3,5,8-11H2,(H,21,24). The lowest BCUT2D eigenvalue weighted by molar-refractivity contribution is -0.116. The Morgan fingerprint density at radius 1 is 1.19 bits per heavy atom. The molecule has 1 saturated heterocycles. The highest BCUT2D eigenvalue weighted by Crippen LogP contribution is 2.30. The van der Waals surface area contributed by atoms with E-state index in [1.165, 1.54) is 11.3 Å². The minimum Gasteiger partial charge on any atom is -0.378 e. The van der Waals surface area contributed by atoms with E-state index in [2.05, 4.69) is 10.2 Å². The van der Waals surface area contributed by atoms with E-state index in [1.807, 2.05) is 29.6 Å². The molecule has 138 valence electrons. The number of nitrogens with zero attached hydrogens (tertiary/aromatic N) is 1. The number of rotatable bonds is 7. The minimum atomic E-state index is -0.110. The van der Waals surface area contributed by atoms with Crippen molar-refractivity contribution in [3.63, 3.8) is 0 Å². The van der Waals surface area contributed by atoms with Crippen molar-refractivity contribution in [2.45, 2.75) is 19.3 Å². The number of morpholine rings is 1. The molecule has 1 fully saturated rings. The zero-order valence-corrected chi connectivity index (χ0v) is 15.9. The van der Waals surface area contributed by atoms with E-state index in [-0.39, 0.29) is 11.7 Å². The van der Waals surface area contributed by atoms with Gasteiger partial charge in [-0.1, -0.05) is 17.7 Å². The number of carbonyl (C=O) groups is 2. The van der Waals surface area contributed by atoms with Crippen LogP contribution in [0.1, 0.15) is 28.9 Å². The highest BCUT2D eigenvalue weighted by molar-refractivity contribution is 7.12. The largest absolute Gasteiger partial charge is 0.378 e. The van der Waals surface area contributed by atoms with E-state index >= 15 is 0 Å². The number of hydrogen-bond donors (Lipinski definition) is 1. The molecule has 1 aromatic carbocycles. The maximum atomic E-state index is 12.3. The molecule has 0 saturated carbocycles. The van der Waals surface area contributed by atoms with Crippen LogP contribution in [0.2, 0.25) is 5.02 Å². The number of ether oxygens (including phenoxy) is 1. The van der Waals surface area contributed by atoms with Crippen molar-refractivity contribution >= 4 is 46.0 Å². The molecule has 0 spiro atoms. The Kier molecular flexibility index (Phi) is 6.66. The van der Waals surface area contributed by atoms with E-state index in [0.717, 1.165) is 23.7 Å². The van der Waals surface area contributed by atoms with Gasteiger partial charge >= 0.3 is 0 Å². The Balaban J connectivity index is 1.56. The van der Waals surface area contributed by atoms with Crippen molar-refractivity contribution in [3.8, 4) is 0 Å². The van der Waals surface area contributed by atoms with E-state index < -0.39 is 0 Å². The van der Waals surface area contributed by atoms with Crippen LogP contribution in [0.5, 0.6) is 0 Å². The summed E-state index contributed by atoms with van der Waals surface area (Å²) in [6.07, 6.45) is 1.20. The third kappa shape index (κ3) is 5.06. The van der Waals surface area contributed by atoms with E-state index in [4.69, 9.17) is 16.3 Å². The third-order valence-corrected chi connectivity index (χ3v) is 5.33. The molecule has 0 aliphatic carbocycles. The molecule has 7 heteroatoms. The second-order valence-electron chi connectivity index (χ2n) is 6.06. The SMILES string of the molecule is O=C(CCCC(=O)c1cccs1)Nc1cc(Cl)ccc1N1CCOCC1. The fourth-order valence-corrected chi connectivity index (χ4v) is 3.74. The molecule has 1 aromatic heterocycles. The van der Waals surface area contributed by atoms with Crippen LogP contribution in [0.4, 0.5) is 11.4 Å². The predicted octanol–water partition coefficient (Wildman–Crippen LogP) is 4.23. The van der Waals surface area contributed by atoms with Crippen molar-refractivity contribution in [1.82, 2.24) is 0 Å². The lowest BCUT2D eigenvalue weighted by Crippen LogP contribution is -2.36. The molecule has 0 unspecified atom stereocenters. The van der Waals surface area contributed by atoms with Gasteiger partial charge in [0.1, 0.15) is 0 Å². The van der Waals surface area contributed by atoms with Crippen LogP contribution in [0.25, 0.3) is 0 Å². The van der Waals surface area contributed by atoms with Crippen LogP contribution in [-0.2, 0) is 9.53 Å². The molecule has 2 heterocycles. The molecule has 0 radical (unpaired) electrons. The van der Waals surface area contributed by atoms with Gasteiger partial charge in [0.25, 0.3) is 0 Å². The van der Waals surface area contributed by atoms with Crippen LogP contribution in [0, 0.1) is 0 Å². The Labute approximate surface area is 161 Å². The first kappa shape index (κ1) is 18.9. The van der Waals surface area contributed by atoms with Gasteiger partial charge in [-0.15, -0.1) is 11.3 Å². The third-order valence-electron chi connectivity index (χ3n) is 4.19. The second-order valence-corrected chi connectivity index (χ2v) is 7.45. The molecule has 26 heavy (non-hydrogen) atoms. The molecular formula is C19H21ClN2O3S. The molecule has 0 bridgehead atoms. The quantitative estimate of drug-likeness (QED) is 0.716. The number of hydrogen-bond acceptors (Lipinski definition) is 5. The maximum Gasteiger partial charge on any atom is 0.224 e. The van der Waals surface area contributed by atoms with Crippen LogP contribution >= 0.6 is 22.9 Å². The maximum absolute atomic E-state index is 12.3. The van der Waals surface area contributed by atoms with Gasteiger partial charge in [-0.3, -0.25) is 9.59 Å². The average molecular weight is 393 g/mol. The number of thiophene rings is 1. The summed E-state index contributed by atoms with van der Waals surface area (Å²) in [5.74, 6) is -0.0229. The van der Waals surface area contributed by atoms with Gasteiger partial charge in [0, 0.05) is 31.0 Å². The van der Waals surface area contributed by atoms with Crippen LogP contribution in [0.3, 0.4) is 0 Å². The first-order valence-corrected chi connectivity index (χ1v) is 9.88. The van der Waals surface area contributed by atoms with Gasteiger partial charge < -0.3 is 15.0 Å². The summed E-state index contributed by atoms with van der Waals surface area (Å²) in [5, 5.41) is 5.40. The molecule has 1 amide bonds. The topological polar surface area (TPSA) is 58.6 Å². The number of amides is 1. The number of anilines is 2. The zero-order valence-electron chi connectivity index (χ0n) is 14.4. The summed E-state index contributed by atoms with van der Waals surface area (Å²) in [7, 11) is 0. The van der Waals surface area contributed by atoms with Gasteiger partial charge in [-0.2, -0.15) is 0 Å². The molecule has 3 rings (SSSR count). The summed E-state index contributed by atoms with van der Waals surface area (Å²) >= 11 is 7.54. The highest BCUT2D eigenvalue weighted by atomic mass is 35.5. The van der Waals surface area contributed by atoms with Crippen molar-refractivity contribution in [2.24, 2.45) is 0 Å². The van der Waals surface area contributed by atoms with Crippen molar-refractivity contribution < 1.29 is 14.3 Å². The first-order chi connectivity index (χ1) is 12.6. The number of Topliss-reactive ketones (excluding diaryl/α,β-unsaturated/α-hetero) is 1. The van der Waals surface area contributed by atoms with Crippen molar-refractivity contribution in [2.75, 3.05) is 36.5 Å². The van der Waals surface area contributed by atoms with Gasteiger partial charge in [-0.05, 0) is 36.1 Å². The fourth-order valence-electron chi connectivity index (χ4n) is 2.87. The van der Waals surface area contributed by atoms with Crippen LogP contribution in [0.15, 0.2) is 35.7 Å². The van der Waals surface area contributed by atoms with E-state index in [0.29, 0.717) is 43.2 Å². The zero-order chi connectivity index (χ0) is 18.4. The van der Waals surface area contributed by atoms with Gasteiger partial charge in [0.2, 0.25) is 5.91 Å². The highest BCUT2D eigenvalue weighted by Gasteiger charge is 2.17. The molecule has 1 N–H and O–H groups in total. The Hall–Kier alpha value is -1.89. The lowest BCUT2D eigenvalue weighted by atomic mass is 10.1. The second kappa shape index (κ2) is 9.16. The molecule has 0 atom stereocenters. The molecule has 1 aliphatic rings. The number of nitrogens with one attached hydrogen (secondary N) is 1. The summed E-state index contributed by atoms with van der Waals surface area (Å²) in [5.41, 5.74) is 1.65. The van der Waals surface area contributed by atoms with Crippen molar-refractivity contribution in [3.05, 3.63) is 45.6 Å². The molecule has 2 aromatic rings. The number of ketones is 1. The molecule has 1 aliphatic heterocycles. The summed E-state index contributed by atoms with van der Waals surface area (Å²) in [6, 6.07) is 9.18. The van der Waals surface area contributed by atoms with E-state index in [9.17, 15) is 9.59 Å². The monoisotopic (exact) mass is 392 g/mol. The van der Waals surface area contributed by atoms with Gasteiger partial charge in [0.05, 0.1) is 29.5 Å². The fraction of sp³-hybridized carbons (Fsp3) is 0.368. The van der Waals surface area contributed by atoms with Crippen LogP contribution in [-0.4, -0.2) is 38.0 Å². The molecular weight excluding hydrogens is 372 g/mol. The number of benzene rings is 1. The smallest absolute Gasteiger partial charge is 0.224 e. The summed E-state index contributed by atoms with van der Waals surface area (Å²) in [6.45, 7) is 2.89. The minimum absolute atomic E-state index is 0.0876. The first-order valence-electron chi connectivity index (χ1n) is 8.62. The van der Waals surface area contributed by atoms with Crippen molar-refractivity contribution in [1.29, 1.82) is 0 Å². The molecule has 5 nitrogen and oxygen atoms in total. The van der Waals surface area contributed by atoms with E-state index in [1.54, 1.807) is 6.07 Å². The Morgan fingerprint density at radius 2 is 2.00 bits per heavy atom. The Morgan fingerprint density at radius 3 is 2.73 bits per heavy atom. The van der Waals surface area contributed by atoms with Gasteiger partial charge in [-0.25, -0.2) is 0 Å². The summed E-state index contributed by atoms with van der Waals surface area (Å²) in [4.78, 5) is 27.2. The number of carbonyl (C=O) groups excluding carboxylic acids is 2. The predicted molar refractivity (Wildman–Crippen MR) is 106 cm³/mol. The average Bonchev–Trinajstić information content (AvgIpc) is 3.17. The normalized spacial score (nSPS) is 14.3. The van der Waals surface area contributed by atoms with Gasteiger partial charge in [0.15, 0.2) is 5.78 Å². The lowest BCUT2D eigenvalue weighted by Gasteiger charge is -2.30. The number of halogens is 1. The van der Waals surface area contributed by atoms with Crippen LogP contribution < -0.4 is 10.2 Å².